The number of rotatable bonds is 7. The molecule has 9 nitrogen and oxygen atoms in total. The predicted molar refractivity (Wildman–Crippen MR) is 116 cm³/mol. The number of likely N-dealkylation sites (N-methyl/N-ethyl adjacent to an activating group) is 1. The van der Waals surface area contributed by atoms with Gasteiger partial charge in [-0.25, -0.2) is 9.38 Å². The molecule has 29 heavy (non-hydrogen) atoms. The summed E-state index contributed by atoms with van der Waals surface area (Å²) in [7, 11) is 5.02. The molecular formula is C18H32FN7O2S. The third-order valence-corrected chi connectivity index (χ3v) is 5.09. The smallest absolute Gasteiger partial charge is 0.291 e. The second-order valence-electron chi connectivity index (χ2n) is 6.46. The number of β-amino-alcohol motifs (C(OH)–C–C–N with tert-alkyl or cyclic N) is 1. The van der Waals surface area contributed by atoms with Crippen LogP contribution in [0.4, 0.5) is 4.39 Å². The van der Waals surface area contributed by atoms with E-state index < -0.39 is 11.6 Å². The molecule has 1 aliphatic rings. The summed E-state index contributed by atoms with van der Waals surface area (Å²) in [6, 6.07) is 0. The van der Waals surface area contributed by atoms with Crippen LogP contribution < -0.4 is 10.7 Å². The Morgan fingerprint density at radius 2 is 2.21 bits per heavy atom. The number of aliphatic hydroxyl groups is 1. The summed E-state index contributed by atoms with van der Waals surface area (Å²) in [5, 5.41) is 22.3. The highest BCUT2D eigenvalue weighted by molar-refractivity contribution is 8.14. The van der Waals surface area contributed by atoms with Gasteiger partial charge in [0, 0.05) is 40.4 Å². The zero-order valence-corrected chi connectivity index (χ0v) is 18.5. The van der Waals surface area contributed by atoms with Crippen molar-refractivity contribution in [3.8, 4) is 0 Å². The van der Waals surface area contributed by atoms with Gasteiger partial charge in [0.1, 0.15) is 11.3 Å². The summed E-state index contributed by atoms with van der Waals surface area (Å²) >= 11 is 0.795. The first-order valence-electron chi connectivity index (χ1n) is 9.36. The number of alkyl halides is 1. The number of nitrogens with zero attached hydrogens (tertiary/aromatic N) is 4. The zero-order chi connectivity index (χ0) is 22.1. The van der Waals surface area contributed by atoms with E-state index in [1.165, 1.54) is 23.0 Å². The van der Waals surface area contributed by atoms with Gasteiger partial charge in [-0.2, -0.15) is 0 Å². The largest absolute Gasteiger partial charge is 0.391 e. The number of carbonyl (C=O) groups is 1. The van der Waals surface area contributed by atoms with Crippen LogP contribution in [0.1, 0.15) is 26.7 Å². The van der Waals surface area contributed by atoms with Gasteiger partial charge < -0.3 is 20.2 Å². The highest BCUT2D eigenvalue weighted by Crippen LogP contribution is 2.18. The number of allylic oxidation sites excluding steroid dienone is 1. The second kappa shape index (κ2) is 11.7. The lowest BCUT2D eigenvalue weighted by molar-refractivity contribution is -0.124. The van der Waals surface area contributed by atoms with Crippen LogP contribution in [0.15, 0.2) is 29.3 Å². The van der Waals surface area contributed by atoms with E-state index in [0.29, 0.717) is 30.9 Å². The molecule has 0 saturated carbocycles. The molecule has 1 rings (SSSR count). The number of amidine groups is 2. The van der Waals surface area contributed by atoms with Crippen molar-refractivity contribution in [3.05, 3.63) is 24.3 Å². The summed E-state index contributed by atoms with van der Waals surface area (Å²) in [6.45, 7) is 7.59. The average Bonchev–Trinajstić information content (AvgIpc) is 3.10. The van der Waals surface area contributed by atoms with E-state index in [-0.39, 0.29) is 23.5 Å². The monoisotopic (exact) mass is 429 g/mol. The SMILES string of the molecule is C=CN=C(C(=O)N1CC[C@H](O)C1)N(C)N/C(CC)=C(\NC)N(C)C(=N)SC(C)F. The molecule has 11 heteroatoms. The quantitative estimate of drug-likeness (QED) is 0.274. The number of likely N-dealkylation sites (tertiary alicyclic amines) is 1. The van der Waals surface area contributed by atoms with Crippen molar-refractivity contribution in [2.75, 3.05) is 34.2 Å². The lowest BCUT2D eigenvalue weighted by Crippen LogP contribution is -2.49. The van der Waals surface area contributed by atoms with E-state index in [0.717, 1.165) is 11.8 Å². The molecule has 1 amide bonds. The Morgan fingerprint density at radius 3 is 2.66 bits per heavy atom. The van der Waals surface area contributed by atoms with Crippen molar-refractivity contribution in [2.24, 2.45) is 4.99 Å². The fourth-order valence-corrected chi connectivity index (χ4v) is 3.41. The van der Waals surface area contributed by atoms with E-state index in [1.54, 1.807) is 26.0 Å². The van der Waals surface area contributed by atoms with E-state index in [2.05, 4.69) is 22.3 Å². The topological polar surface area (TPSA) is 107 Å². The van der Waals surface area contributed by atoms with Crippen molar-refractivity contribution in [3.63, 3.8) is 0 Å². The number of thioether (sulfide) groups is 1. The molecule has 1 aliphatic heterocycles. The molecule has 0 bridgehead atoms. The van der Waals surface area contributed by atoms with Crippen molar-refractivity contribution in [1.82, 2.24) is 25.6 Å². The maximum absolute atomic E-state index is 13.3. The van der Waals surface area contributed by atoms with Crippen LogP contribution in [0.3, 0.4) is 0 Å². The Morgan fingerprint density at radius 1 is 1.55 bits per heavy atom. The zero-order valence-electron chi connectivity index (χ0n) is 17.7. The molecule has 1 unspecified atom stereocenters. The molecule has 0 spiro atoms. The minimum absolute atomic E-state index is 0.0434. The molecule has 0 aromatic heterocycles. The van der Waals surface area contributed by atoms with Gasteiger partial charge in [0.15, 0.2) is 5.17 Å². The van der Waals surface area contributed by atoms with Crippen molar-refractivity contribution < 1.29 is 14.3 Å². The van der Waals surface area contributed by atoms with Crippen LogP contribution in [-0.4, -0.2) is 82.7 Å². The molecule has 1 fully saturated rings. The van der Waals surface area contributed by atoms with Crippen LogP contribution in [0.2, 0.25) is 0 Å². The molecular weight excluding hydrogens is 397 g/mol. The lowest BCUT2D eigenvalue weighted by atomic mass is 10.3. The highest BCUT2D eigenvalue weighted by Gasteiger charge is 2.30. The number of carbonyl (C=O) groups excluding carboxylic acids is 1. The molecule has 0 aromatic rings. The molecule has 0 radical (unpaired) electrons. The summed E-state index contributed by atoms with van der Waals surface area (Å²) in [5.41, 5.74) is 2.60. The lowest BCUT2D eigenvalue weighted by Gasteiger charge is -2.30. The van der Waals surface area contributed by atoms with Gasteiger partial charge in [0.2, 0.25) is 5.84 Å². The fraction of sp³-hybridized carbons (Fsp3) is 0.611. The molecule has 1 heterocycles. The first kappa shape index (κ1) is 24.8. The van der Waals surface area contributed by atoms with E-state index >= 15 is 0 Å². The van der Waals surface area contributed by atoms with Crippen molar-refractivity contribution >= 4 is 28.7 Å². The summed E-state index contributed by atoms with van der Waals surface area (Å²) in [5.74, 6) is 0.375. The normalized spacial score (nSPS) is 18.7. The minimum atomic E-state index is -1.21. The number of aliphatic hydroxyl groups excluding tert-OH is 1. The van der Waals surface area contributed by atoms with Crippen LogP contribution in [0.25, 0.3) is 0 Å². The van der Waals surface area contributed by atoms with Crippen LogP contribution in [0.5, 0.6) is 0 Å². The Balaban J connectivity index is 3.07. The van der Waals surface area contributed by atoms with Gasteiger partial charge >= 0.3 is 0 Å². The molecule has 2 atom stereocenters. The third-order valence-electron chi connectivity index (χ3n) is 4.27. The number of nitrogens with one attached hydrogen (secondary N) is 3. The number of halogens is 1. The Bertz CT molecular complexity index is 669. The number of aliphatic imine (C=N–C) groups is 1. The maximum atomic E-state index is 13.3. The maximum Gasteiger partial charge on any atom is 0.291 e. The van der Waals surface area contributed by atoms with Gasteiger partial charge in [-0.15, -0.1) is 0 Å². The summed E-state index contributed by atoms with van der Waals surface area (Å²) in [6.07, 6.45) is 1.84. The van der Waals surface area contributed by atoms with Crippen molar-refractivity contribution in [2.45, 2.75) is 38.3 Å². The van der Waals surface area contributed by atoms with E-state index in [9.17, 15) is 14.3 Å². The molecule has 164 valence electrons. The van der Waals surface area contributed by atoms with Gasteiger partial charge in [-0.3, -0.25) is 20.6 Å². The highest BCUT2D eigenvalue weighted by atomic mass is 32.2. The number of amides is 1. The first-order chi connectivity index (χ1) is 13.7. The minimum Gasteiger partial charge on any atom is -0.391 e. The molecule has 0 aliphatic carbocycles. The van der Waals surface area contributed by atoms with Gasteiger partial charge in [-0.05, 0) is 19.8 Å². The fourth-order valence-electron chi connectivity index (χ4n) is 2.85. The summed E-state index contributed by atoms with van der Waals surface area (Å²) < 4.78 is 13.3. The predicted octanol–water partition coefficient (Wildman–Crippen LogP) is 1.27. The number of hydrogen-bond donors (Lipinski definition) is 4. The molecule has 4 N–H and O–H groups in total. The van der Waals surface area contributed by atoms with Crippen LogP contribution in [-0.2, 0) is 4.79 Å². The third kappa shape index (κ3) is 6.93. The number of hydrazine groups is 1. The standard InChI is InChI=1S/C18H32FN7O2S/c1-7-14(15(21-4)24(5)18(20)29-12(3)19)23-25(6)16(22-8-2)17(28)26-10-9-13(27)11-26/h8,12-13,20-21,23,27H,2,7,9-11H2,1,3-6H3/b15-14+,20-18?,22-16?/t12?,13-/m0/s1. The Labute approximate surface area is 176 Å². The Hall–Kier alpha value is -2.27. The van der Waals surface area contributed by atoms with Gasteiger partial charge in [0.25, 0.3) is 5.91 Å². The van der Waals surface area contributed by atoms with Crippen LogP contribution in [0, 0.1) is 5.41 Å². The first-order valence-corrected chi connectivity index (χ1v) is 10.2. The summed E-state index contributed by atoms with van der Waals surface area (Å²) in [4.78, 5) is 20.0. The van der Waals surface area contributed by atoms with Gasteiger partial charge in [0.05, 0.1) is 11.8 Å². The van der Waals surface area contributed by atoms with Crippen molar-refractivity contribution in [1.29, 1.82) is 5.41 Å². The Kier molecular flexibility index (Phi) is 9.96. The van der Waals surface area contributed by atoms with Crippen LogP contribution >= 0.6 is 11.8 Å². The molecule has 0 aromatic carbocycles. The van der Waals surface area contributed by atoms with E-state index in [4.69, 9.17) is 5.41 Å². The number of hydrogen-bond acceptors (Lipinski definition) is 7. The van der Waals surface area contributed by atoms with E-state index in [1.807, 2.05) is 6.92 Å². The van der Waals surface area contributed by atoms with Gasteiger partial charge in [-0.1, -0.05) is 25.3 Å². The second-order valence-corrected chi connectivity index (χ2v) is 7.73. The average molecular weight is 430 g/mol. The molecule has 1 saturated heterocycles.